The zero-order chi connectivity index (χ0) is 20.5. The van der Waals surface area contributed by atoms with Crippen LogP contribution in [0.4, 0.5) is 5.82 Å². The molecule has 1 N–H and O–H groups in total. The molecule has 7 heteroatoms. The molecule has 0 bridgehead atoms. The molecule has 1 atom stereocenters. The number of fused-ring (bicyclic) bond motifs is 1. The highest BCUT2D eigenvalue weighted by Crippen LogP contribution is 2.45. The van der Waals surface area contributed by atoms with E-state index >= 15 is 0 Å². The number of methoxy groups -OCH3 is 2. The van der Waals surface area contributed by atoms with Crippen molar-refractivity contribution in [3.05, 3.63) is 64.8 Å². The van der Waals surface area contributed by atoms with E-state index in [1.54, 1.807) is 26.0 Å². The van der Waals surface area contributed by atoms with Crippen LogP contribution in [0.2, 0.25) is 0 Å². The van der Waals surface area contributed by atoms with Crippen LogP contribution in [-0.2, 0) is 4.79 Å². The number of amides is 1. The molecule has 0 aliphatic carbocycles. The van der Waals surface area contributed by atoms with Gasteiger partial charge in [-0.05, 0) is 43.7 Å². The van der Waals surface area contributed by atoms with Gasteiger partial charge in [0.05, 0.1) is 36.6 Å². The number of aromatic nitrogens is 2. The number of aryl methyl sites for hydroxylation is 2. The number of nitrogens with zero attached hydrogens (tertiary/aromatic N) is 2. The summed E-state index contributed by atoms with van der Waals surface area (Å²) in [6.07, 6.45) is 0. The molecular formula is C22H23N3O3S. The summed E-state index contributed by atoms with van der Waals surface area (Å²) in [7, 11) is 3.24. The second-order valence-electron chi connectivity index (χ2n) is 6.95. The molecule has 3 aromatic rings. The molecule has 0 spiro atoms. The first-order valence-electron chi connectivity index (χ1n) is 9.31. The summed E-state index contributed by atoms with van der Waals surface area (Å²) in [6.45, 7) is 4.03. The van der Waals surface area contributed by atoms with Crippen LogP contribution in [0, 0.1) is 13.8 Å². The Morgan fingerprint density at radius 3 is 2.48 bits per heavy atom. The molecular weight excluding hydrogens is 386 g/mol. The van der Waals surface area contributed by atoms with E-state index in [9.17, 15) is 4.79 Å². The van der Waals surface area contributed by atoms with Gasteiger partial charge in [-0.15, -0.1) is 11.8 Å². The fourth-order valence-corrected chi connectivity index (χ4v) is 4.71. The number of hydrogen-bond acceptors (Lipinski definition) is 5. The Hall–Kier alpha value is -2.93. The van der Waals surface area contributed by atoms with Gasteiger partial charge in [0.1, 0.15) is 5.82 Å². The van der Waals surface area contributed by atoms with E-state index < -0.39 is 0 Å². The number of hydrogen-bond donors (Lipinski definition) is 1. The first kappa shape index (κ1) is 19.4. The van der Waals surface area contributed by atoms with Crippen LogP contribution in [0.25, 0.3) is 5.69 Å². The second-order valence-corrected chi connectivity index (χ2v) is 8.04. The van der Waals surface area contributed by atoms with Gasteiger partial charge in [-0.1, -0.05) is 23.8 Å². The van der Waals surface area contributed by atoms with Crippen LogP contribution in [-0.4, -0.2) is 35.7 Å². The van der Waals surface area contributed by atoms with Gasteiger partial charge in [-0.25, -0.2) is 4.68 Å². The molecule has 6 nitrogen and oxygen atoms in total. The summed E-state index contributed by atoms with van der Waals surface area (Å²) in [4.78, 5) is 12.5. The molecule has 150 valence electrons. The third-order valence-corrected chi connectivity index (χ3v) is 6.27. The maximum absolute atomic E-state index is 12.5. The van der Waals surface area contributed by atoms with Gasteiger partial charge in [-0.2, -0.15) is 5.10 Å². The van der Waals surface area contributed by atoms with Gasteiger partial charge in [0.15, 0.2) is 11.5 Å². The van der Waals surface area contributed by atoms with E-state index in [2.05, 4.69) is 5.32 Å². The van der Waals surface area contributed by atoms with Crippen molar-refractivity contribution < 1.29 is 14.3 Å². The van der Waals surface area contributed by atoms with Crippen molar-refractivity contribution in [1.29, 1.82) is 0 Å². The smallest absolute Gasteiger partial charge is 0.235 e. The van der Waals surface area contributed by atoms with E-state index in [0.717, 1.165) is 28.3 Å². The van der Waals surface area contributed by atoms with E-state index in [1.165, 1.54) is 5.56 Å². The van der Waals surface area contributed by atoms with Gasteiger partial charge >= 0.3 is 0 Å². The molecule has 0 fully saturated rings. The number of carbonyl (C=O) groups excluding carboxylic acids is 1. The standard InChI is InChI=1S/C22H23N3O3S/c1-13-5-8-16(9-6-13)25-22-20(14(2)24-25)21(29-12-19(26)23-22)15-7-10-17(27-3)18(11-15)28-4/h5-11,21H,12H2,1-4H3,(H,23,26). The van der Waals surface area contributed by atoms with E-state index in [1.807, 2.05) is 61.0 Å². The molecule has 2 heterocycles. The predicted octanol–water partition coefficient (Wildman–Crippen LogP) is 4.28. The van der Waals surface area contributed by atoms with Crippen LogP contribution >= 0.6 is 11.8 Å². The minimum Gasteiger partial charge on any atom is -0.493 e. The highest BCUT2D eigenvalue weighted by Gasteiger charge is 2.31. The lowest BCUT2D eigenvalue weighted by molar-refractivity contribution is -0.113. The Bertz CT molecular complexity index is 1060. The normalized spacial score (nSPS) is 16.0. The third kappa shape index (κ3) is 3.58. The molecule has 1 aliphatic heterocycles. The lowest BCUT2D eigenvalue weighted by Gasteiger charge is -2.17. The number of thioether (sulfide) groups is 1. The lowest BCUT2D eigenvalue weighted by Crippen LogP contribution is -2.15. The summed E-state index contributed by atoms with van der Waals surface area (Å²) < 4.78 is 12.7. The first-order chi connectivity index (χ1) is 14.0. The van der Waals surface area contributed by atoms with Crippen molar-refractivity contribution in [1.82, 2.24) is 9.78 Å². The van der Waals surface area contributed by atoms with Crippen molar-refractivity contribution >= 4 is 23.5 Å². The molecule has 1 unspecified atom stereocenters. The van der Waals surface area contributed by atoms with Crippen LogP contribution < -0.4 is 14.8 Å². The molecule has 2 aromatic carbocycles. The van der Waals surface area contributed by atoms with Gasteiger partial charge in [0.2, 0.25) is 5.91 Å². The quantitative estimate of drug-likeness (QED) is 0.697. The van der Waals surface area contributed by atoms with Gasteiger partial charge in [0.25, 0.3) is 0 Å². The molecule has 1 aliphatic rings. The van der Waals surface area contributed by atoms with Crippen molar-refractivity contribution in [3.63, 3.8) is 0 Å². The summed E-state index contributed by atoms with van der Waals surface area (Å²) in [5.74, 6) is 2.39. The fraction of sp³-hybridized carbons (Fsp3) is 0.273. The molecule has 1 aromatic heterocycles. The van der Waals surface area contributed by atoms with Crippen LogP contribution in [0.3, 0.4) is 0 Å². The number of ether oxygens (including phenoxy) is 2. The SMILES string of the molecule is COc1ccc(C2SCC(=O)Nc3c2c(C)nn3-c2ccc(C)cc2)cc1OC. The van der Waals surface area contributed by atoms with Crippen LogP contribution in [0.15, 0.2) is 42.5 Å². The van der Waals surface area contributed by atoms with E-state index in [4.69, 9.17) is 14.6 Å². The summed E-state index contributed by atoms with van der Waals surface area (Å²) in [6, 6.07) is 14.0. The van der Waals surface area contributed by atoms with Crippen LogP contribution in [0.5, 0.6) is 11.5 Å². The molecule has 1 amide bonds. The Morgan fingerprint density at radius 1 is 1.07 bits per heavy atom. The minimum absolute atomic E-state index is 0.0347. The molecule has 0 radical (unpaired) electrons. The monoisotopic (exact) mass is 409 g/mol. The van der Waals surface area contributed by atoms with Crippen molar-refractivity contribution in [2.24, 2.45) is 0 Å². The average Bonchev–Trinajstić information content (AvgIpc) is 2.93. The Balaban J connectivity index is 1.86. The average molecular weight is 410 g/mol. The van der Waals surface area contributed by atoms with Crippen molar-refractivity contribution in [2.75, 3.05) is 25.3 Å². The second kappa shape index (κ2) is 7.83. The van der Waals surface area contributed by atoms with Crippen molar-refractivity contribution in [2.45, 2.75) is 19.1 Å². The Labute approximate surface area is 174 Å². The zero-order valence-corrected chi connectivity index (χ0v) is 17.7. The molecule has 0 saturated carbocycles. The maximum Gasteiger partial charge on any atom is 0.235 e. The van der Waals surface area contributed by atoms with Crippen LogP contribution in [0.1, 0.15) is 27.6 Å². The van der Waals surface area contributed by atoms with E-state index in [0.29, 0.717) is 17.3 Å². The van der Waals surface area contributed by atoms with Crippen molar-refractivity contribution in [3.8, 4) is 17.2 Å². The molecule has 4 rings (SSSR count). The zero-order valence-electron chi connectivity index (χ0n) is 16.9. The number of benzene rings is 2. The Kier molecular flexibility index (Phi) is 5.24. The Morgan fingerprint density at radius 2 is 1.79 bits per heavy atom. The highest BCUT2D eigenvalue weighted by molar-refractivity contribution is 8.00. The predicted molar refractivity (Wildman–Crippen MR) is 116 cm³/mol. The fourth-order valence-electron chi connectivity index (χ4n) is 3.54. The summed E-state index contributed by atoms with van der Waals surface area (Å²) in [5, 5.41) is 7.76. The largest absolute Gasteiger partial charge is 0.493 e. The maximum atomic E-state index is 12.5. The number of carbonyl (C=O) groups is 1. The minimum atomic E-state index is -0.0528. The summed E-state index contributed by atoms with van der Waals surface area (Å²) >= 11 is 1.58. The van der Waals surface area contributed by atoms with Gasteiger partial charge < -0.3 is 14.8 Å². The number of nitrogens with one attached hydrogen (secondary N) is 1. The van der Waals surface area contributed by atoms with Gasteiger partial charge in [0, 0.05) is 5.56 Å². The third-order valence-electron chi connectivity index (χ3n) is 5.00. The highest BCUT2D eigenvalue weighted by atomic mass is 32.2. The lowest BCUT2D eigenvalue weighted by atomic mass is 10.0. The number of anilines is 1. The van der Waals surface area contributed by atoms with E-state index in [-0.39, 0.29) is 11.2 Å². The molecule has 29 heavy (non-hydrogen) atoms. The first-order valence-corrected chi connectivity index (χ1v) is 10.4. The number of rotatable bonds is 4. The molecule has 0 saturated heterocycles. The summed E-state index contributed by atoms with van der Waals surface area (Å²) in [5.41, 5.74) is 5.02. The van der Waals surface area contributed by atoms with Gasteiger partial charge in [-0.3, -0.25) is 4.79 Å². The topological polar surface area (TPSA) is 65.4 Å².